The summed E-state index contributed by atoms with van der Waals surface area (Å²) < 4.78 is 0. The third-order valence-electron chi connectivity index (χ3n) is 3.48. The lowest BCUT2D eigenvalue weighted by molar-refractivity contribution is -0.121. The molecule has 2 aromatic carbocycles. The minimum absolute atomic E-state index is 0.0383. The molecule has 22 heavy (non-hydrogen) atoms. The summed E-state index contributed by atoms with van der Waals surface area (Å²) in [5.41, 5.74) is 1.96. The summed E-state index contributed by atoms with van der Waals surface area (Å²) in [4.78, 5) is 13.0. The van der Waals surface area contributed by atoms with E-state index in [1.807, 2.05) is 60.9 Å². The zero-order valence-electron chi connectivity index (χ0n) is 12.7. The molecule has 0 fully saturated rings. The molecular formula is C18H21NO2S. The van der Waals surface area contributed by atoms with Crippen molar-refractivity contribution in [3.63, 3.8) is 0 Å². The molecule has 1 unspecified atom stereocenters. The largest absolute Gasteiger partial charge is 0.387 e. The predicted octanol–water partition coefficient (Wildman–Crippen LogP) is 3.19. The molecule has 0 aromatic heterocycles. The lowest BCUT2D eigenvalue weighted by Gasteiger charge is -2.12. The highest BCUT2D eigenvalue weighted by molar-refractivity contribution is 7.98. The van der Waals surface area contributed by atoms with Gasteiger partial charge in [0, 0.05) is 17.9 Å². The van der Waals surface area contributed by atoms with E-state index >= 15 is 0 Å². The third-order valence-corrected chi connectivity index (χ3v) is 4.22. The first kappa shape index (κ1) is 16.6. The first-order valence-electron chi connectivity index (χ1n) is 7.31. The Morgan fingerprint density at radius 2 is 1.82 bits per heavy atom. The van der Waals surface area contributed by atoms with Crippen molar-refractivity contribution >= 4 is 17.7 Å². The van der Waals surface area contributed by atoms with Crippen molar-refractivity contribution < 1.29 is 9.90 Å². The van der Waals surface area contributed by atoms with E-state index in [-0.39, 0.29) is 12.5 Å². The Bertz CT molecular complexity index is 584. The number of aliphatic hydroxyl groups is 1. The van der Waals surface area contributed by atoms with Gasteiger partial charge in [-0.25, -0.2) is 0 Å². The van der Waals surface area contributed by atoms with Crippen LogP contribution >= 0.6 is 11.8 Å². The topological polar surface area (TPSA) is 49.3 Å². The van der Waals surface area contributed by atoms with E-state index in [0.29, 0.717) is 12.8 Å². The fourth-order valence-corrected chi connectivity index (χ4v) is 2.55. The van der Waals surface area contributed by atoms with Crippen LogP contribution in [0.2, 0.25) is 0 Å². The maximum Gasteiger partial charge on any atom is 0.220 e. The van der Waals surface area contributed by atoms with Crippen molar-refractivity contribution in [2.24, 2.45) is 0 Å². The molecular weight excluding hydrogens is 294 g/mol. The number of aryl methyl sites for hydroxylation is 1. The predicted molar refractivity (Wildman–Crippen MR) is 91.0 cm³/mol. The molecule has 0 aliphatic carbocycles. The van der Waals surface area contributed by atoms with Gasteiger partial charge >= 0.3 is 0 Å². The second-order valence-electron chi connectivity index (χ2n) is 5.08. The molecule has 1 amide bonds. The van der Waals surface area contributed by atoms with E-state index in [0.717, 1.165) is 16.0 Å². The Morgan fingerprint density at radius 3 is 2.45 bits per heavy atom. The van der Waals surface area contributed by atoms with E-state index in [9.17, 15) is 9.90 Å². The van der Waals surface area contributed by atoms with E-state index in [2.05, 4.69) is 5.32 Å². The van der Waals surface area contributed by atoms with Gasteiger partial charge in [-0.2, -0.15) is 0 Å². The van der Waals surface area contributed by atoms with Crippen molar-refractivity contribution in [2.45, 2.75) is 23.8 Å². The van der Waals surface area contributed by atoms with Gasteiger partial charge in [-0.05, 0) is 35.9 Å². The van der Waals surface area contributed by atoms with Crippen molar-refractivity contribution in [2.75, 3.05) is 12.8 Å². The molecule has 0 radical (unpaired) electrons. The van der Waals surface area contributed by atoms with Crippen LogP contribution in [0.5, 0.6) is 0 Å². The van der Waals surface area contributed by atoms with Crippen LogP contribution in [0.15, 0.2) is 59.5 Å². The molecule has 0 heterocycles. The molecule has 2 rings (SSSR count). The second-order valence-corrected chi connectivity index (χ2v) is 5.96. The number of aliphatic hydroxyl groups excluding tert-OH is 1. The van der Waals surface area contributed by atoms with E-state index in [4.69, 9.17) is 0 Å². The summed E-state index contributed by atoms with van der Waals surface area (Å²) in [5, 5.41) is 12.9. The zero-order chi connectivity index (χ0) is 15.8. The molecule has 0 spiro atoms. The van der Waals surface area contributed by atoms with Gasteiger partial charge < -0.3 is 10.4 Å². The molecule has 3 nitrogen and oxygen atoms in total. The Labute approximate surface area is 135 Å². The number of carbonyl (C=O) groups is 1. The molecule has 0 bridgehead atoms. The minimum Gasteiger partial charge on any atom is -0.387 e. The highest BCUT2D eigenvalue weighted by Crippen LogP contribution is 2.18. The normalized spacial score (nSPS) is 11.9. The Kier molecular flexibility index (Phi) is 6.49. The fourth-order valence-electron chi connectivity index (χ4n) is 2.15. The molecule has 0 saturated carbocycles. The zero-order valence-corrected chi connectivity index (χ0v) is 13.5. The summed E-state index contributed by atoms with van der Waals surface area (Å²) in [6.45, 7) is 0.242. The average Bonchev–Trinajstić information content (AvgIpc) is 2.58. The molecule has 0 aliphatic heterocycles. The van der Waals surface area contributed by atoms with Crippen molar-refractivity contribution in [3.05, 3.63) is 65.7 Å². The van der Waals surface area contributed by atoms with Gasteiger partial charge in [0.15, 0.2) is 0 Å². The van der Waals surface area contributed by atoms with Crippen LogP contribution in [-0.2, 0) is 11.2 Å². The van der Waals surface area contributed by atoms with E-state index in [1.165, 1.54) is 0 Å². The van der Waals surface area contributed by atoms with Crippen LogP contribution in [0, 0.1) is 0 Å². The van der Waals surface area contributed by atoms with Gasteiger partial charge in [0.25, 0.3) is 0 Å². The van der Waals surface area contributed by atoms with Crippen molar-refractivity contribution in [1.82, 2.24) is 5.32 Å². The number of thioether (sulfide) groups is 1. The first-order valence-corrected chi connectivity index (χ1v) is 8.54. The summed E-state index contributed by atoms with van der Waals surface area (Å²) in [7, 11) is 0. The second kappa shape index (κ2) is 8.61. The number of hydrogen-bond acceptors (Lipinski definition) is 3. The van der Waals surface area contributed by atoms with Gasteiger partial charge in [0.05, 0.1) is 6.10 Å². The first-order chi connectivity index (χ1) is 10.7. The van der Waals surface area contributed by atoms with Crippen LogP contribution in [0.3, 0.4) is 0 Å². The van der Waals surface area contributed by atoms with Gasteiger partial charge in [-0.3, -0.25) is 4.79 Å². The highest BCUT2D eigenvalue weighted by atomic mass is 32.2. The van der Waals surface area contributed by atoms with Crippen LogP contribution < -0.4 is 5.32 Å². The summed E-state index contributed by atoms with van der Waals surface area (Å²) in [6, 6.07) is 17.7. The van der Waals surface area contributed by atoms with Crippen molar-refractivity contribution in [1.29, 1.82) is 0 Å². The van der Waals surface area contributed by atoms with Gasteiger partial charge in [0.1, 0.15) is 0 Å². The molecule has 4 heteroatoms. The number of nitrogens with one attached hydrogen (secondary N) is 1. The van der Waals surface area contributed by atoms with E-state index < -0.39 is 6.10 Å². The molecule has 0 saturated heterocycles. The van der Waals surface area contributed by atoms with Crippen LogP contribution in [0.1, 0.15) is 23.7 Å². The molecule has 1 atom stereocenters. The van der Waals surface area contributed by atoms with E-state index in [1.54, 1.807) is 11.8 Å². The quantitative estimate of drug-likeness (QED) is 0.772. The number of benzene rings is 2. The van der Waals surface area contributed by atoms with Gasteiger partial charge in [-0.15, -0.1) is 11.8 Å². The number of hydrogen-bond donors (Lipinski definition) is 2. The highest BCUT2D eigenvalue weighted by Gasteiger charge is 2.09. The fraction of sp³-hybridized carbons (Fsp3) is 0.278. The van der Waals surface area contributed by atoms with Gasteiger partial charge in [0.2, 0.25) is 5.91 Å². The SMILES string of the molecule is CSc1ccc(C(O)CNC(=O)CCc2ccccc2)cc1. The van der Waals surface area contributed by atoms with Crippen LogP contribution in [0.4, 0.5) is 0 Å². The Balaban J connectivity index is 1.75. The summed E-state index contributed by atoms with van der Waals surface area (Å²) in [5.74, 6) is -0.0383. The molecule has 116 valence electrons. The van der Waals surface area contributed by atoms with Crippen LogP contribution in [0.25, 0.3) is 0 Å². The maximum absolute atomic E-state index is 11.8. The molecule has 2 N–H and O–H groups in total. The average molecular weight is 315 g/mol. The maximum atomic E-state index is 11.8. The third kappa shape index (κ3) is 5.20. The smallest absolute Gasteiger partial charge is 0.220 e. The standard InChI is InChI=1S/C18H21NO2S/c1-22-16-10-8-15(9-11-16)17(20)13-19-18(21)12-7-14-5-3-2-4-6-14/h2-6,8-11,17,20H,7,12-13H2,1H3,(H,19,21). The minimum atomic E-state index is -0.670. The monoisotopic (exact) mass is 315 g/mol. The number of amides is 1. The van der Waals surface area contributed by atoms with Crippen LogP contribution in [-0.4, -0.2) is 23.8 Å². The number of rotatable bonds is 7. The number of carbonyl (C=O) groups excluding carboxylic acids is 1. The summed E-state index contributed by atoms with van der Waals surface area (Å²) in [6.07, 6.45) is 2.49. The molecule has 2 aromatic rings. The molecule has 0 aliphatic rings. The summed E-state index contributed by atoms with van der Waals surface area (Å²) >= 11 is 1.66. The Hall–Kier alpha value is -1.78. The lowest BCUT2D eigenvalue weighted by atomic mass is 10.1. The van der Waals surface area contributed by atoms with Crippen molar-refractivity contribution in [3.8, 4) is 0 Å². The Morgan fingerprint density at radius 1 is 1.14 bits per heavy atom. The van der Waals surface area contributed by atoms with Gasteiger partial charge in [-0.1, -0.05) is 42.5 Å². The lowest BCUT2D eigenvalue weighted by Crippen LogP contribution is -2.28.